The minimum absolute atomic E-state index is 0.0331. The van der Waals surface area contributed by atoms with Crippen LogP contribution in [-0.4, -0.2) is 70.0 Å². The molecule has 1 aromatic heterocycles. The Bertz CT molecular complexity index is 470. The van der Waals surface area contributed by atoms with Gasteiger partial charge >= 0.3 is 6.03 Å². The van der Waals surface area contributed by atoms with Crippen LogP contribution in [0.15, 0.2) is 12.4 Å². The van der Waals surface area contributed by atoms with E-state index in [9.17, 15) is 9.90 Å². The molecule has 0 fully saturated rings. The third kappa shape index (κ3) is 5.31. The van der Waals surface area contributed by atoms with Crippen molar-refractivity contribution >= 4 is 6.03 Å². The number of hydrogen-bond acceptors (Lipinski definition) is 4. The minimum atomic E-state index is -0.545. The average molecular weight is 311 g/mol. The summed E-state index contributed by atoms with van der Waals surface area (Å²) in [6, 6.07) is -0.0735. The number of rotatable bonds is 7. The number of nitrogens with one attached hydrogen (secondary N) is 1. The number of hydrogen-bond donors (Lipinski definition) is 2. The molecule has 7 nitrogen and oxygen atoms in total. The molecule has 0 bridgehead atoms. The highest BCUT2D eigenvalue weighted by atomic mass is 16.3. The second-order valence-corrected chi connectivity index (χ2v) is 6.21. The Morgan fingerprint density at radius 1 is 1.41 bits per heavy atom. The molecule has 0 aromatic carbocycles. The average Bonchev–Trinajstić information content (AvgIpc) is 2.81. The first-order valence-corrected chi connectivity index (χ1v) is 7.59. The summed E-state index contributed by atoms with van der Waals surface area (Å²) in [6.07, 6.45) is 3.22. The fraction of sp³-hybridized carbons (Fsp3) is 0.733. The normalized spacial score (nSPS) is 14.2. The second kappa shape index (κ2) is 8.14. The van der Waals surface area contributed by atoms with Gasteiger partial charge in [-0.25, -0.2) is 4.79 Å². The standard InChI is InChI=1S/C15H29N5O2/c1-11(2)20(9-12(3)21)15(22)16-8-14(18(4)5)13-7-17-19(6)10-13/h7,10-12,14,21H,8-9H2,1-6H3,(H,16,22). The molecule has 1 aromatic rings. The maximum absolute atomic E-state index is 12.3. The monoisotopic (exact) mass is 311 g/mol. The van der Waals surface area contributed by atoms with Gasteiger partial charge < -0.3 is 20.2 Å². The Balaban J connectivity index is 2.69. The van der Waals surface area contributed by atoms with Crippen molar-refractivity contribution < 1.29 is 9.90 Å². The van der Waals surface area contributed by atoms with Crippen LogP contribution < -0.4 is 5.32 Å². The highest BCUT2D eigenvalue weighted by molar-refractivity contribution is 5.74. The number of aryl methyl sites for hydroxylation is 1. The summed E-state index contributed by atoms with van der Waals surface area (Å²) in [5.74, 6) is 0. The van der Waals surface area contributed by atoms with Crippen LogP contribution in [0.4, 0.5) is 4.79 Å². The van der Waals surface area contributed by atoms with Crippen LogP contribution in [0.1, 0.15) is 32.4 Å². The van der Waals surface area contributed by atoms with E-state index in [4.69, 9.17) is 0 Å². The van der Waals surface area contributed by atoms with Crippen LogP contribution in [0.5, 0.6) is 0 Å². The lowest BCUT2D eigenvalue weighted by atomic mass is 10.1. The number of carbonyl (C=O) groups is 1. The first-order valence-electron chi connectivity index (χ1n) is 7.59. The van der Waals surface area contributed by atoms with Crippen LogP contribution in [0.2, 0.25) is 0 Å². The van der Waals surface area contributed by atoms with E-state index in [-0.39, 0.29) is 18.1 Å². The first kappa shape index (κ1) is 18.4. The van der Waals surface area contributed by atoms with Gasteiger partial charge in [-0.3, -0.25) is 4.68 Å². The molecule has 0 aliphatic rings. The number of carbonyl (C=O) groups excluding carboxylic acids is 1. The van der Waals surface area contributed by atoms with Gasteiger partial charge in [0.05, 0.1) is 18.3 Å². The van der Waals surface area contributed by atoms with Crippen molar-refractivity contribution in [2.24, 2.45) is 7.05 Å². The van der Waals surface area contributed by atoms with Crippen molar-refractivity contribution in [3.8, 4) is 0 Å². The zero-order chi connectivity index (χ0) is 16.9. The maximum Gasteiger partial charge on any atom is 0.317 e. The van der Waals surface area contributed by atoms with Crippen LogP contribution in [0, 0.1) is 0 Å². The van der Waals surface area contributed by atoms with Crippen molar-refractivity contribution in [2.45, 2.75) is 39.0 Å². The second-order valence-electron chi connectivity index (χ2n) is 6.21. The van der Waals surface area contributed by atoms with Gasteiger partial charge in [0.25, 0.3) is 0 Å². The smallest absolute Gasteiger partial charge is 0.317 e. The van der Waals surface area contributed by atoms with E-state index in [1.54, 1.807) is 16.5 Å². The summed E-state index contributed by atoms with van der Waals surface area (Å²) in [6.45, 7) is 6.36. The lowest BCUT2D eigenvalue weighted by molar-refractivity contribution is 0.117. The first-order chi connectivity index (χ1) is 10.2. The van der Waals surface area contributed by atoms with E-state index < -0.39 is 6.10 Å². The summed E-state index contributed by atoms with van der Waals surface area (Å²) in [5, 5.41) is 16.7. The van der Waals surface area contributed by atoms with Gasteiger partial charge in [-0.2, -0.15) is 5.10 Å². The van der Waals surface area contributed by atoms with Gasteiger partial charge in [0.2, 0.25) is 0 Å². The molecule has 2 N–H and O–H groups in total. The minimum Gasteiger partial charge on any atom is -0.392 e. The molecule has 7 heteroatoms. The van der Waals surface area contributed by atoms with E-state index in [0.29, 0.717) is 13.1 Å². The predicted molar refractivity (Wildman–Crippen MR) is 86.6 cm³/mol. The molecule has 0 aliphatic carbocycles. The summed E-state index contributed by atoms with van der Waals surface area (Å²) in [4.78, 5) is 16.0. The number of aromatic nitrogens is 2. The van der Waals surface area contributed by atoms with Crippen molar-refractivity contribution in [1.29, 1.82) is 0 Å². The third-order valence-electron chi connectivity index (χ3n) is 3.52. The van der Waals surface area contributed by atoms with Crippen LogP contribution in [-0.2, 0) is 7.05 Å². The molecule has 1 heterocycles. The Morgan fingerprint density at radius 3 is 2.45 bits per heavy atom. The Kier molecular flexibility index (Phi) is 6.83. The Labute approximate surface area is 132 Å². The lowest BCUT2D eigenvalue weighted by Gasteiger charge is -2.30. The van der Waals surface area contributed by atoms with Gasteiger partial charge in [0, 0.05) is 37.9 Å². The van der Waals surface area contributed by atoms with Crippen molar-refractivity contribution in [3.05, 3.63) is 18.0 Å². The number of aliphatic hydroxyl groups excluding tert-OH is 1. The zero-order valence-electron chi connectivity index (χ0n) is 14.4. The fourth-order valence-electron chi connectivity index (χ4n) is 2.31. The van der Waals surface area contributed by atoms with Gasteiger partial charge in [-0.05, 0) is 34.9 Å². The molecule has 0 saturated carbocycles. The Hall–Kier alpha value is -1.60. The number of nitrogens with zero attached hydrogens (tertiary/aromatic N) is 4. The molecule has 126 valence electrons. The largest absolute Gasteiger partial charge is 0.392 e. The lowest BCUT2D eigenvalue weighted by Crippen LogP contribution is -2.48. The number of amides is 2. The molecule has 2 amide bonds. The topological polar surface area (TPSA) is 73.6 Å². The summed E-state index contributed by atoms with van der Waals surface area (Å²) in [7, 11) is 5.82. The van der Waals surface area contributed by atoms with E-state index >= 15 is 0 Å². The van der Waals surface area contributed by atoms with E-state index in [2.05, 4.69) is 10.4 Å². The fourth-order valence-corrected chi connectivity index (χ4v) is 2.31. The molecule has 2 unspecified atom stereocenters. The molecule has 0 saturated heterocycles. The molecule has 0 radical (unpaired) electrons. The molecule has 1 rings (SSSR count). The highest BCUT2D eigenvalue weighted by Gasteiger charge is 2.21. The van der Waals surface area contributed by atoms with Crippen LogP contribution in [0.25, 0.3) is 0 Å². The highest BCUT2D eigenvalue weighted by Crippen LogP contribution is 2.16. The molecular formula is C15H29N5O2. The van der Waals surface area contributed by atoms with E-state index in [1.165, 1.54) is 0 Å². The predicted octanol–water partition coefficient (Wildman–Crippen LogP) is 0.824. The van der Waals surface area contributed by atoms with Gasteiger partial charge in [0.15, 0.2) is 0 Å². The summed E-state index contributed by atoms with van der Waals surface area (Å²) < 4.78 is 1.75. The van der Waals surface area contributed by atoms with Crippen molar-refractivity contribution in [2.75, 3.05) is 27.2 Å². The van der Waals surface area contributed by atoms with Gasteiger partial charge in [-0.1, -0.05) is 0 Å². The SMILES string of the molecule is CC(O)CN(C(=O)NCC(c1cnn(C)c1)N(C)C)C(C)C. The Morgan fingerprint density at radius 2 is 2.05 bits per heavy atom. The summed E-state index contributed by atoms with van der Waals surface area (Å²) >= 11 is 0. The van der Waals surface area contributed by atoms with Crippen molar-refractivity contribution in [1.82, 2.24) is 24.9 Å². The van der Waals surface area contributed by atoms with E-state index in [0.717, 1.165) is 5.56 Å². The number of aliphatic hydroxyl groups is 1. The molecular weight excluding hydrogens is 282 g/mol. The number of urea groups is 1. The zero-order valence-corrected chi connectivity index (χ0v) is 14.4. The molecule has 0 aliphatic heterocycles. The molecule has 0 spiro atoms. The van der Waals surface area contributed by atoms with Gasteiger partial charge in [0.1, 0.15) is 0 Å². The van der Waals surface area contributed by atoms with Crippen LogP contribution >= 0.6 is 0 Å². The maximum atomic E-state index is 12.3. The quantitative estimate of drug-likeness (QED) is 0.782. The van der Waals surface area contributed by atoms with Crippen LogP contribution in [0.3, 0.4) is 0 Å². The van der Waals surface area contributed by atoms with E-state index in [1.807, 2.05) is 52.3 Å². The van der Waals surface area contributed by atoms with Gasteiger partial charge in [-0.15, -0.1) is 0 Å². The van der Waals surface area contributed by atoms with Crippen molar-refractivity contribution in [3.63, 3.8) is 0 Å². The molecule has 22 heavy (non-hydrogen) atoms. The number of likely N-dealkylation sites (N-methyl/N-ethyl adjacent to an activating group) is 1. The third-order valence-corrected chi connectivity index (χ3v) is 3.52. The summed E-state index contributed by atoms with van der Waals surface area (Å²) in [5.41, 5.74) is 1.06. The molecule has 2 atom stereocenters.